The van der Waals surface area contributed by atoms with E-state index in [1.165, 1.54) is 0 Å². The average molecular weight is 218 g/mol. The number of fused-ring (bicyclic) bond motifs is 2. The topological polar surface area (TPSA) is 38.7 Å². The average Bonchev–Trinajstić information content (AvgIpc) is 2.72. The Hall–Kier alpha value is -1.16. The first kappa shape index (κ1) is 10.0. The second-order valence-corrected chi connectivity index (χ2v) is 4.24. The standard InChI is InChI=1S/C13H14O3/c14-12-10(6-9-4-2-1-3-5-9)7-11-8-15-13(12)16-11/h1-6,11-14H,7-8H2/t11-,12-,13+/m0/s1. The van der Waals surface area contributed by atoms with Crippen LogP contribution >= 0.6 is 0 Å². The van der Waals surface area contributed by atoms with Crippen LogP contribution in [0.1, 0.15) is 12.0 Å². The summed E-state index contributed by atoms with van der Waals surface area (Å²) in [5.74, 6) is 0. The van der Waals surface area contributed by atoms with Crippen molar-refractivity contribution in [1.29, 1.82) is 0 Å². The molecule has 2 saturated heterocycles. The van der Waals surface area contributed by atoms with Gasteiger partial charge in [0.25, 0.3) is 0 Å². The first-order valence-electron chi connectivity index (χ1n) is 5.53. The van der Waals surface area contributed by atoms with Crippen LogP contribution in [0.5, 0.6) is 0 Å². The predicted octanol–water partition coefficient (Wildman–Crippen LogP) is 1.58. The summed E-state index contributed by atoms with van der Waals surface area (Å²) in [4.78, 5) is 0. The highest BCUT2D eigenvalue weighted by atomic mass is 16.7. The molecule has 1 aromatic rings. The van der Waals surface area contributed by atoms with E-state index < -0.39 is 12.4 Å². The van der Waals surface area contributed by atoms with Gasteiger partial charge in [0.2, 0.25) is 0 Å². The molecule has 2 aliphatic rings. The summed E-state index contributed by atoms with van der Waals surface area (Å²) < 4.78 is 10.8. The molecule has 3 atom stereocenters. The van der Waals surface area contributed by atoms with Crippen LogP contribution in [0.4, 0.5) is 0 Å². The van der Waals surface area contributed by atoms with Crippen LogP contribution in [0.3, 0.4) is 0 Å². The Morgan fingerprint density at radius 2 is 2.06 bits per heavy atom. The Kier molecular flexibility index (Phi) is 2.52. The van der Waals surface area contributed by atoms with Gasteiger partial charge < -0.3 is 14.6 Å². The van der Waals surface area contributed by atoms with E-state index in [1.807, 2.05) is 36.4 Å². The molecule has 0 amide bonds. The number of hydrogen-bond donors (Lipinski definition) is 1. The van der Waals surface area contributed by atoms with E-state index in [4.69, 9.17) is 9.47 Å². The maximum Gasteiger partial charge on any atom is 0.187 e. The fourth-order valence-electron chi connectivity index (χ4n) is 2.21. The third-order valence-corrected chi connectivity index (χ3v) is 3.03. The molecule has 0 saturated carbocycles. The molecule has 0 aliphatic carbocycles. The quantitative estimate of drug-likeness (QED) is 0.777. The van der Waals surface area contributed by atoms with Crippen molar-refractivity contribution in [1.82, 2.24) is 0 Å². The zero-order valence-corrected chi connectivity index (χ0v) is 8.87. The first-order valence-corrected chi connectivity index (χ1v) is 5.53. The molecule has 84 valence electrons. The van der Waals surface area contributed by atoms with Crippen molar-refractivity contribution in [3.05, 3.63) is 41.5 Å². The third-order valence-electron chi connectivity index (χ3n) is 3.03. The summed E-state index contributed by atoms with van der Waals surface area (Å²) in [5, 5.41) is 10.00. The maximum absolute atomic E-state index is 10.00. The molecule has 3 nitrogen and oxygen atoms in total. The number of benzene rings is 1. The molecule has 16 heavy (non-hydrogen) atoms. The van der Waals surface area contributed by atoms with Crippen LogP contribution in [0.15, 0.2) is 35.9 Å². The molecular formula is C13H14O3. The lowest BCUT2D eigenvalue weighted by atomic mass is 9.98. The number of rotatable bonds is 1. The minimum Gasteiger partial charge on any atom is -0.383 e. The third kappa shape index (κ3) is 1.78. The van der Waals surface area contributed by atoms with E-state index in [-0.39, 0.29) is 6.10 Å². The highest BCUT2D eigenvalue weighted by Crippen LogP contribution is 2.32. The van der Waals surface area contributed by atoms with Gasteiger partial charge in [-0.1, -0.05) is 36.4 Å². The summed E-state index contributed by atoms with van der Waals surface area (Å²) >= 11 is 0. The number of aliphatic hydroxyl groups is 1. The Labute approximate surface area is 94.3 Å². The van der Waals surface area contributed by atoms with Crippen molar-refractivity contribution in [2.45, 2.75) is 24.9 Å². The van der Waals surface area contributed by atoms with Crippen molar-refractivity contribution in [3.8, 4) is 0 Å². The van der Waals surface area contributed by atoms with Gasteiger partial charge in [-0.15, -0.1) is 0 Å². The zero-order valence-electron chi connectivity index (χ0n) is 8.87. The van der Waals surface area contributed by atoms with Crippen LogP contribution in [0.2, 0.25) is 0 Å². The molecule has 0 radical (unpaired) electrons. The normalized spacial score (nSPS) is 35.6. The molecule has 2 aliphatic heterocycles. The van der Waals surface area contributed by atoms with E-state index in [1.54, 1.807) is 0 Å². The van der Waals surface area contributed by atoms with Gasteiger partial charge in [-0.3, -0.25) is 0 Å². The molecule has 1 N–H and O–H groups in total. The summed E-state index contributed by atoms with van der Waals surface area (Å²) in [6.45, 7) is 0.591. The molecule has 3 rings (SSSR count). The van der Waals surface area contributed by atoms with Gasteiger partial charge in [-0.25, -0.2) is 0 Å². The highest BCUT2D eigenvalue weighted by Gasteiger charge is 2.39. The van der Waals surface area contributed by atoms with Crippen LogP contribution in [0, 0.1) is 0 Å². The second kappa shape index (κ2) is 4.01. The minimum absolute atomic E-state index is 0.114. The number of hydrogen-bond acceptors (Lipinski definition) is 3. The molecule has 3 heteroatoms. The van der Waals surface area contributed by atoms with Crippen molar-refractivity contribution in [2.75, 3.05) is 6.61 Å². The fraction of sp³-hybridized carbons (Fsp3) is 0.385. The lowest BCUT2D eigenvalue weighted by molar-refractivity contribution is -0.131. The molecule has 2 heterocycles. The van der Waals surface area contributed by atoms with E-state index in [0.717, 1.165) is 17.6 Å². The van der Waals surface area contributed by atoms with Gasteiger partial charge in [0.05, 0.1) is 12.7 Å². The summed E-state index contributed by atoms with van der Waals surface area (Å²) in [6, 6.07) is 10.0. The molecular weight excluding hydrogens is 204 g/mol. The Morgan fingerprint density at radius 1 is 1.25 bits per heavy atom. The number of aliphatic hydroxyl groups excluding tert-OH is 1. The van der Waals surface area contributed by atoms with Gasteiger partial charge >= 0.3 is 0 Å². The van der Waals surface area contributed by atoms with Crippen LogP contribution in [-0.2, 0) is 9.47 Å². The van der Waals surface area contributed by atoms with E-state index in [9.17, 15) is 5.11 Å². The Bertz CT molecular complexity index is 399. The Morgan fingerprint density at radius 3 is 2.88 bits per heavy atom. The summed E-state index contributed by atoms with van der Waals surface area (Å²) in [7, 11) is 0. The molecule has 0 aromatic heterocycles. The SMILES string of the molecule is O[C@H]1C(=Cc2ccccc2)C[C@H]2CO[C@@H]1O2. The maximum atomic E-state index is 10.00. The van der Waals surface area contributed by atoms with Crippen LogP contribution < -0.4 is 0 Å². The lowest BCUT2D eigenvalue weighted by Gasteiger charge is -2.26. The van der Waals surface area contributed by atoms with Gasteiger partial charge in [-0.05, 0) is 17.6 Å². The number of ether oxygens (including phenoxy) is 2. The van der Waals surface area contributed by atoms with Gasteiger partial charge in [-0.2, -0.15) is 0 Å². The highest BCUT2D eigenvalue weighted by molar-refractivity contribution is 5.54. The summed E-state index contributed by atoms with van der Waals surface area (Å²) in [5.41, 5.74) is 2.11. The molecule has 1 aromatic carbocycles. The van der Waals surface area contributed by atoms with Gasteiger partial charge in [0, 0.05) is 0 Å². The van der Waals surface area contributed by atoms with E-state index >= 15 is 0 Å². The summed E-state index contributed by atoms with van der Waals surface area (Å²) in [6.07, 6.45) is 1.81. The van der Waals surface area contributed by atoms with Crippen LogP contribution in [-0.4, -0.2) is 30.2 Å². The monoisotopic (exact) mass is 218 g/mol. The van der Waals surface area contributed by atoms with Crippen LogP contribution in [0.25, 0.3) is 6.08 Å². The largest absolute Gasteiger partial charge is 0.383 e. The van der Waals surface area contributed by atoms with E-state index in [0.29, 0.717) is 6.61 Å². The van der Waals surface area contributed by atoms with Gasteiger partial charge in [0.1, 0.15) is 6.10 Å². The smallest absolute Gasteiger partial charge is 0.187 e. The first-order chi connectivity index (χ1) is 7.83. The molecule has 2 fully saturated rings. The predicted molar refractivity (Wildman–Crippen MR) is 59.7 cm³/mol. The minimum atomic E-state index is -0.626. The Balaban J connectivity index is 1.87. The van der Waals surface area contributed by atoms with Crippen molar-refractivity contribution < 1.29 is 14.6 Å². The lowest BCUT2D eigenvalue weighted by Crippen LogP contribution is -2.34. The zero-order chi connectivity index (χ0) is 11.0. The van der Waals surface area contributed by atoms with Gasteiger partial charge in [0.15, 0.2) is 6.29 Å². The van der Waals surface area contributed by atoms with E-state index in [2.05, 4.69) is 0 Å². The molecule has 2 bridgehead atoms. The molecule has 0 spiro atoms. The van der Waals surface area contributed by atoms with Crippen molar-refractivity contribution in [3.63, 3.8) is 0 Å². The fourth-order valence-corrected chi connectivity index (χ4v) is 2.21. The molecule has 0 unspecified atom stereocenters. The van der Waals surface area contributed by atoms with Crippen molar-refractivity contribution >= 4 is 6.08 Å². The second-order valence-electron chi connectivity index (χ2n) is 4.24. The van der Waals surface area contributed by atoms with Crippen molar-refractivity contribution in [2.24, 2.45) is 0 Å².